The molecule has 0 amide bonds. The van der Waals surface area contributed by atoms with Gasteiger partial charge in [-0.15, -0.1) is 6.58 Å². The average molecular weight is 199 g/mol. The third-order valence-corrected chi connectivity index (χ3v) is 3.04. The minimum atomic E-state index is -0.346. The van der Waals surface area contributed by atoms with E-state index in [9.17, 15) is 5.11 Å². The molecular formula is C12H25NO. The number of rotatable bonds is 6. The first kappa shape index (κ1) is 13.7. The van der Waals surface area contributed by atoms with E-state index < -0.39 is 0 Å². The second kappa shape index (κ2) is 5.52. The first-order valence-corrected chi connectivity index (χ1v) is 5.38. The number of hydrogen-bond acceptors (Lipinski definition) is 2. The highest BCUT2D eigenvalue weighted by Gasteiger charge is 2.26. The second-order valence-corrected chi connectivity index (χ2v) is 4.83. The highest BCUT2D eigenvalue weighted by molar-refractivity contribution is 4.88. The molecule has 0 fully saturated rings. The van der Waals surface area contributed by atoms with Gasteiger partial charge in [0.15, 0.2) is 0 Å². The van der Waals surface area contributed by atoms with E-state index in [4.69, 9.17) is 0 Å². The summed E-state index contributed by atoms with van der Waals surface area (Å²) >= 11 is 0. The SMILES string of the molecule is C=CCC(C)C(C)NC(C)(C)C(C)O. The average Bonchev–Trinajstić information content (AvgIpc) is 2.03. The molecule has 3 unspecified atom stereocenters. The number of nitrogens with one attached hydrogen (secondary N) is 1. The fourth-order valence-corrected chi connectivity index (χ4v) is 1.32. The molecule has 0 rings (SSSR count). The Morgan fingerprint density at radius 1 is 1.36 bits per heavy atom. The normalized spacial score (nSPS) is 18.7. The molecule has 2 nitrogen and oxygen atoms in total. The summed E-state index contributed by atoms with van der Waals surface area (Å²) in [5.41, 5.74) is -0.227. The zero-order valence-corrected chi connectivity index (χ0v) is 10.2. The van der Waals surface area contributed by atoms with Crippen molar-refractivity contribution in [2.75, 3.05) is 0 Å². The lowest BCUT2D eigenvalue weighted by atomic mass is 9.93. The molecule has 0 aromatic heterocycles. The Morgan fingerprint density at radius 3 is 2.21 bits per heavy atom. The minimum Gasteiger partial charge on any atom is -0.392 e. The maximum atomic E-state index is 9.56. The molecule has 0 saturated carbocycles. The van der Waals surface area contributed by atoms with Crippen molar-refractivity contribution in [3.8, 4) is 0 Å². The smallest absolute Gasteiger partial charge is 0.0688 e. The maximum absolute atomic E-state index is 9.56. The Hall–Kier alpha value is -0.340. The largest absolute Gasteiger partial charge is 0.392 e. The molecule has 0 aromatic carbocycles. The fraction of sp³-hybridized carbons (Fsp3) is 0.833. The van der Waals surface area contributed by atoms with Crippen LogP contribution < -0.4 is 5.32 Å². The van der Waals surface area contributed by atoms with Crippen molar-refractivity contribution < 1.29 is 5.11 Å². The van der Waals surface area contributed by atoms with E-state index in [0.717, 1.165) is 6.42 Å². The van der Waals surface area contributed by atoms with Gasteiger partial charge in [-0.3, -0.25) is 0 Å². The number of aliphatic hydroxyl groups excluding tert-OH is 1. The van der Waals surface area contributed by atoms with Gasteiger partial charge < -0.3 is 10.4 Å². The van der Waals surface area contributed by atoms with Gasteiger partial charge in [-0.05, 0) is 40.0 Å². The van der Waals surface area contributed by atoms with Crippen LogP contribution in [0, 0.1) is 5.92 Å². The summed E-state index contributed by atoms with van der Waals surface area (Å²) in [5.74, 6) is 0.547. The molecule has 0 aliphatic heterocycles. The predicted octanol–water partition coefficient (Wildman–Crippen LogP) is 2.34. The van der Waals surface area contributed by atoms with Gasteiger partial charge >= 0.3 is 0 Å². The van der Waals surface area contributed by atoms with Crippen LogP contribution >= 0.6 is 0 Å². The minimum absolute atomic E-state index is 0.227. The molecule has 0 spiro atoms. The standard InChI is InChI=1S/C12H25NO/c1-7-8-9(2)10(3)13-12(5,6)11(4)14/h7,9-11,13-14H,1,8H2,2-6H3. The molecule has 0 saturated heterocycles. The van der Waals surface area contributed by atoms with E-state index in [2.05, 4.69) is 25.7 Å². The monoisotopic (exact) mass is 199 g/mol. The summed E-state index contributed by atoms with van der Waals surface area (Å²) in [4.78, 5) is 0. The lowest BCUT2D eigenvalue weighted by molar-refractivity contribution is 0.0838. The third-order valence-electron chi connectivity index (χ3n) is 3.04. The summed E-state index contributed by atoms with van der Waals surface area (Å²) in [7, 11) is 0. The summed E-state index contributed by atoms with van der Waals surface area (Å²) in [6, 6.07) is 0.387. The molecule has 0 bridgehead atoms. The highest BCUT2D eigenvalue weighted by Crippen LogP contribution is 2.15. The van der Waals surface area contributed by atoms with Gasteiger partial charge in [0.05, 0.1) is 6.10 Å². The van der Waals surface area contributed by atoms with Crippen molar-refractivity contribution in [1.82, 2.24) is 5.32 Å². The van der Waals surface area contributed by atoms with Gasteiger partial charge in [0.1, 0.15) is 0 Å². The molecule has 0 heterocycles. The summed E-state index contributed by atoms with van der Waals surface area (Å²) in [5, 5.41) is 13.0. The van der Waals surface area contributed by atoms with Crippen molar-refractivity contribution in [2.45, 2.75) is 58.7 Å². The Balaban J connectivity index is 4.16. The third kappa shape index (κ3) is 4.25. The lowest BCUT2D eigenvalue weighted by Gasteiger charge is -2.35. The van der Waals surface area contributed by atoms with Crippen LogP contribution in [-0.2, 0) is 0 Å². The van der Waals surface area contributed by atoms with Gasteiger partial charge in [0.25, 0.3) is 0 Å². The van der Waals surface area contributed by atoms with Crippen LogP contribution in [0.2, 0.25) is 0 Å². The lowest BCUT2D eigenvalue weighted by Crippen LogP contribution is -2.53. The molecule has 2 N–H and O–H groups in total. The molecule has 0 radical (unpaired) electrons. The summed E-state index contributed by atoms with van der Waals surface area (Å²) < 4.78 is 0. The van der Waals surface area contributed by atoms with Crippen LogP contribution in [0.15, 0.2) is 12.7 Å². The highest BCUT2D eigenvalue weighted by atomic mass is 16.3. The van der Waals surface area contributed by atoms with Crippen molar-refractivity contribution in [1.29, 1.82) is 0 Å². The molecule has 0 aromatic rings. The molecule has 84 valence electrons. The van der Waals surface area contributed by atoms with Crippen LogP contribution in [0.5, 0.6) is 0 Å². The van der Waals surface area contributed by atoms with E-state index in [-0.39, 0.29) is 11.6 Å². The molecule has 0 aliphatic rings. The van der Waals surface area contributed by atoms with Gasteiger partial charge in [-0.25, -0.2) is 0 Å². The fourth-order valence-electron chi connectivity index (χ4n) is 1.32. The van der Waals surface area contributed by atoms with E-state index in [1.807, 2.05) is 26.8 Å². The number of allylic oxidation sites excluding steroid dienone is 1. The van der Waals surface area contributed by atoms with Crippen LogP contribution in [0.3, 0.4) is 0 Å². The Kier molecular flexibility index (Phi) is 5.38. The Labute approximate surface area is 88.4 Å². The first-order valence-electron chi connectivity index (χ1n) is 5.38. The van der Waals surface area contributed by atoms with Crippen molar-refractivity contribution in [3.05, 3.63) is 12.7 Å². The Morgan fingerprint density at radius 2 is 1.86 bits per heavy atom. The van der Waals surface area contributed by atoms with Gasteiger partial charge in [-0.2, -0.15) is 0 Å². The zero-order valence-electron chi connectivity index (χ0n) is 10.2. The van der Waals surface area contributed by atoms with Crippen LogP contribution in [0.1, 0.15) is 41.0 Å². The van der Waals surface area contributed by atoms with Gasteiger partial charge in [-0.1, -0.05) is 13.0 Å². The zero-order chi connectivity index (χ0) is 11.4. The molecular weight excluding hydrogens is 174 g/mol. The number of aliphatic hydroxyl groups is 1. The molecule has 0 aliphatic carbocycles. The topological polar surface area (TPSA) is 32.3 Å². The van der Waals surface area contributed by atoms with Crippen molar-refractivity contribution >= 4 is 0 Å². The van der Waals surface area contributed by atoms with Gasteiger partial charge in [0.2, 0.25) is 0 Å². The molecule has 3 atom stereocenters. The predicted molar refractivity (Wildman–Crippen MR) is 62.3 cm³/mol. The molecule has 14 heavy (non-hydrogen) atoms. The van der Waals surface area contributed by atoms with E-state index in [0.29, 0.717) is 12.0 Å². The van der Waals surface area contributed by atoms with E-state index in [1.165, 1.54) is 0 Å². The first-order chi connectivity index (χ1) is 6.31. The van der Waals surface area contributed by atoms with E-state index in [1.54, 1.807) is 0 Å². The summed E-state index contributed by atoms with van der Waals surface area (Å²) in [6.45, 7) is 13.9. The van der Waals surface area contributed by atoms with Crippen molar-refractivity contribution in [3.63, 3.8) is 0 Å². The van der Waals surface area contributed by atoms with Gasteiger partial charge in [0, 0.05) is 11.6 Å². The maximum Gasteiger partial charge on any atom is 0.0688 e. The quantitative estimate of drug-likeness (QED) is 0.644. The Bertz CT molecular complexity index is 175. The second-order valence-electron chi connectivity index (χ2n) is 4.83. The summed E-state index contributed by atoms with van der Waals surface area (Å²) in [6.07, 6.45) is 2.60. The van der Waals surface area contributed by atoms with Crippen LogP contribution in [0.25, 0.3) is 0 Å². The van der Waals surface area contributed by atoms with Crippen molar-refractivity contribution in [2.24, 2.45) is 5.92 Å². The number of hydrogen-bond donors (Lipinski definition) is 2. The van der Waals surface area contributed by atoms with Crippen LogP contribution in [-0.4, -0.2) is 22.8 Å². The van der Waals surface area contributed by atoms with E-state index >= 15 is 0 Å². The van der Waals surface area contributed by atoms with Crippen LogP contribution in [0.4, 0.5) is 0 Å². The molecule has 2 heteroatoms.